The predicted molar refractivity (Wildman–Crippen MR) is 134 cm³/mol. The van der Waals surface area contributed by atoms with E-state index >= 15 is 0 Å². The first-order valence-corrected chi connectivity index (χ1v) is 12.2. The van der Waals surface area contributed by atoms with Gasteiger partial charge in [-0.15, -0.1) is 0 Å². The first-order valence-electron chi connectivity index (χ1n) is 11.0. The van der Waals surface area contributed by atoms with Crippen molar-refractivity contribution in [1.82, 2.24) is 19.9 Å². The average Bonchev–Trinajstić information content (AvgIpc) is 3.37. The van der Waals surface area contributed by atoms with Crippen LogP contribution in [-0.4, -0.2) is 50.4 Å². The van der Waals surface area contributed by atoms with Crippen molar-refractivity contribution in [3.05, 3.63) is 70.8 Å². The quantitative estimate of drug-likeness (QED) is 0.597. The van der Waals surface area contributed by atoms with Gasteiger partial charge in [-0.2, -0.15) is 11.8 Å². The standard InChI is InChI=1S/C26H27N5OS/c1-4-23-22(8-5-18-6-10-24(27)28-14-18)25(30-16-29-23)19-7-9-21(17(2)13-19)26(32)31(3)20-11-12-33-15-20/h6-7,9-10,13-14,16,20H,4,11-12,15H2,1-3H3,(H2,27,28). The largest absolute Gasteiger partial charge is 0.384 e. The van der Waals surface area contributed by atoms with Crippen LogP contribution >= 0.6 is 11.8 Å². The van der Waals surface area contributed by atoms with Gasteiger partial charge in [0.05, 0.1) is 17.0 Å². The Balaban J connectivity index is 1.68. The second-order valence-electron chi connectivity index (χ2n) is 8.08. The number of nitrogens with zero attached hydrogens (tertiary/aromatic N) is 4. The number of nitrogen functional groups attached to an aromatic ring is 1. The molecule has 1 unspecified atom stereocenters. The molecule has 3 heterocycles. The summed E-state index contributed by atoms with van der Waals surface area (Å²) < 4.78 is 0. The highest BCUT2D eigenvalue weighted by Gasteiger charge is 2.25. The van der Waals surface area contributed by atoms with Gasteiger partial charge in [0.25, 0.3) is 5.91 Å². The van der Waals surface area contributed by atoms with Crippen molar-refractivity contribution < 1.29 is 4.79 Å². The lowest BCUT2D eigenvalue weighted by Crippen LogP contribution is -2.37. The summed E-state index contributed by atoms with van der Waals surface area (Å²) in [6.07, 6.45) is 5.01. The summed E-state index contributed by atoms with van der Waals surface area (Å²) in [6.45, 7) is 4.02. The molecule has 4 rings (SSSR count). The number of aromatic nitrogens is 3. The van der Waals surface area contributed by atoms with Crippen LogP contribution in [-0.2, 0) is 6.42 Å². The predicted octanol–water partition coefficient (Wildman–Crippen LogP) is 3.97. The number of benzene rings is 1. The Morgan fingerprint density at radius 3 is 2.73 bits per heavy atom. The van der Waals surface area contributed by atoms with E-state index in [9.17, 15) is 4.79 Å². The van der Waals surface area contributed by atoms with Crippen molar-refractivity contribution in [2.24, 2.45) is 0 Å². The normalized spacial score (nSPS) is 15.1. The molecule has 1 amide bonds. The maximum atomic E-state index is 13.1. The van der Waals surface area contributed by atoms with Crippen molar-refractivity contribution >= 4 is 23.5 Å². The molecule has 0 aliphatic carbocycles. The van der Waals surface area contributed by atoms with Gasteiger partial charge in [-0.25, -0.2) is 15.0 Å². The zero-order chi connectivity index (χ0) is 23.4. The summed E-state index contributed by atoms with van der Waals surface area (Å²) in [5.74, 6) is 9.05. The number of amides is 1. The summed E-state index contributed by atoms with van der Waals surface area (Å²) >= 11 is 1.90. The van der Waals surface area contributed by atoms with Gasteiger partial charge in [-0.1, -0.05) is 24.8 Å². The molecule has 1 aliphatic heterocycles. The van der Waals surface area contributed by atoms with E-state index in [1.807, 2.05) is 61.8 Å². The van der Waals surface area contributed by atoms with E-state index in [2.05, 4.69) is 26.8 Å². The maximum Gasteiger partial charge on any atom is 0.254 e. The Labute approximate surface area is 199 Å². The van der Waals surface area contributed by atoms with Crippen LogP contribution in [0.1, 0.15) is 46.1 Å². The molecule has 33 heavy (non-hydrogen) atoms. The topological polar surface area (TPSA) is 85.0 Å². The van der Waals surface area contributed by atoms with Crippen molar-refractivity contribution in [3.63, 3.8) is 0 Å². The summed E-state index contributed by atoms with van der Waals surface area (Å²) in [4.78, 5) is 28.1. The Morgan fingerprint density at radius 1 is 1.21 bits per heavy atom. The molecule has 3 aromatic rings. The number of anilines is 1. The maximum absolute atomic E-state index is 13.1. The number of hydrogen-bond acceptors (Lipinski definition) is 6. The highest BCUT2D eigenvalue weighted by atomic mass is 32.2. The third kappa shape index (κ3) is 5.01. The number of aryl methyl sites for hydroxylation is 2. The number of nitrogens with two attached hydrogens (primary N) is 1. The minimum atomic E-state index is 0.0688. The molecule has 7 heteroatoms. The van der Waals surface area contributed by atoms with E-state index in [-0.39, 0.29) is 5.91 Å². The van der Waals surface area contributed by atoms with Gasteiger partial charge in [-0.05, 0) is 55.3 Å². The third-order valence-electron chi connectivity index (χ3n) is 5.88. The molecule has 1 fully saturated rings. The summed E-state index contributed by atoms with van der Waals surface area (Å²) in [5.41, 5.74) is 11.4. The molecule has 6 nitrogen and oxygen atoms in total. The van der Waals surface area contributed by atoms with Gasteiger partial charge in [0, 0.05) is 41.7 Å². The van der Waals surface area contributed by atoms with Crippen molar-refractivity contribution in [2.75, 3.05) is 24.3 Å². The van der Waals surface area contributed by atoms with Crippen molar-refractivity contribution in [3.8, 4) is 23.1 Å². The number of hydrogen-bond donors (Lipinski definition) is 1. The molecule has 0 spiro atoms. The molecule has 1 aromatic carbocycles. The zero-order valence-corrected chi connectivity index (χ0v) is 19.9. The molecule has 0 saturated carbocycles. The van der Waals surface area contributed by atoms with Crippen LogP contribution in [0.25, 0.3) is 11.3 Å². The molecule has 0 bridgehead atoms. The zero-order valence-electron chi connectivity index (χ0n) is 19.1. The fourth-order valence-electron chi connectivity index (χ4n) is 3.89. The molecule has 1 aliphatic rings. The van der Waals surface area contributed by atoms with Gasteiger partial charge in [-0.3, -0.25) is 4.79 Å². The van der Waals surface area contributed by atoms with E-state index in [1.54, 1.807) is 18.6 Å². The minimum absolute atomic E-state index is 0.0688. The van der Waals surface area contributed by atoms with E-state index < -0.39 is 0 Å². The molecule has 2 aromatic heterocycles. The summed E-state index contributed by atoms with van der Waals surface area (Å²) in [5, 5.41) is 0. The SMILES string of the molecule is CCc1ncnc(-c2ccc(C(=O)N(C)C3CCSC3)c(C)c2)c1C#Cc1ccc(N)nc1. The van der Waals surface area contributed by atoms with Crippen LogP contribution in [0.4, 0.5) is 5.82 Å². The van der Waals surface area contributed by atoms with Gasteiger partial charge in [0.15, 0.2) is 0 Å². The molecule has 1 saturated heterocycles. The van der Waals surface area contributed by atoms with Crippen molar-refractivity contribution in [2.45, 2.75) is 32.7 Å². The van der Waals surface area contributed by atoms with Crippen LogP contribution in [0.5, 0.6) is 0 Å². The van der Waals surface area contributed by atoms with E-state index in [4.69, 9.17) is 5.73 Å². The van der Waals surface area contributed by atoms with E-state index in [1.165, 1.54) is 0 Å². The first kappa shape index (κ1) is 22.8. The number of rotatable bonds is 4. The second kappa shape index (κ2) is 10.1. The van der Waals surface area contributed by atoms with Crippen molar-refractivity contribution in [1.29, 1.82) is 0 Å². The molecular formula is C26H27N5OS. The van der Waals surface area contributed by atoms with Gasteiger partial charge >= 0.3 is 0 Å². The van der Waals surface area contributed by atoms with E-state index in [0.717, 1.165) is 63.6 Å². The number of thioether (sulfide) groups is 1. The molecule has 0 radical (unpaired) electrons. The Hall–Kier alpha value is -3.37. The third-order valence-corrected chi connectivity index (χ3v) is 7.03. The Kier molecular flexibility index (Phi) is 6.95. The first-order chi connectivity index (χ1) is 16.0. The highest BCUT2D eigenvalue weighted by Crippen LogP contribution is 2.27. The van der Waals surface area contributed by atoms with E-state index in [0.29, 0.717) is 11.9 Å². The van der Waals surface area contributed by atoms with Gasteiger partial charge < -0.3 is 10.6 Å². The fraction of sp³-hybridized carbons (Fsp3) is 0.308. The fourth-order valence-corrected chi connectivity index (χ4v) is 5.16. The minimum Gasteiger partial charge on any atom is -0.384 e. The van der Waals surface area contributed by atoms with Gasteiger partial charge in [0.1, 0.15) is 12.1 Å². The average molecular weight is 458 g/mol. The lowest BCUT2D eigenvalue weighted by Gasteiger charge is -2.24. The van der Waals surface area contributed by atoms with Gasteiger partial charge in [0.2, 0.25) is 0 Å². The highest BCUT2D eigenvalue weighted by molar-refractivity contribution is 7.99. The smallest absolute Gasteiger partial charge is 0.254 e. The van der Waals surface area contributed by atoms with Crippen LogP contribution in [0, 0.1) is 18.8 Å². The summed E-state index contributed by atoms with van der Waals surface area (Å²) in [6, 6.07) is 9.75. The lowest BCUT2D eigenvalue weighted by atomic mass is 9.98. The molecule has 2 N–H and O–H groups in total. The number of carbonyl (C=O) groups excluding carboxylic acids is 1. The number of pyridine rings is 1. The Bertz CT molecular complexity index is 1220. The second-order valence-corrected chi connectivity index (χ2v) is 9.23. The van der Waals surface area contributed by atoms with Crippen LogP contribution in [0.3, 0.4) is 0 Å². The van der Waals surface area contributed by atoms with Crippen LogP contribution < -0.4 is 5.73 Å². The van der Waals surface area contributed by atoms with Crippen LogP contribution in [0.15, 0.2) is 42.9 Å². The molecular weight excluding hydrogens is 430 g/mol. The van der Waals surface area contributed by atoms with Crippen LogP contribution in [0.2, 0.25) is 0 Å². The summed E-state index contributed by atoms with van der Waals surface area (Å²) in [7, 11) is 1.91. The molecule has 168 valence electrons. The number of carbonyl (C=O) groups is 1. The molecule has 1 atom stereocenters. The lowest BCUT2D eigenvalue weighted by molar-refractivity contribution is 0.0747. The monoisotopic (exact) mass is 457 g/mol. The Morgan fingerprint density at radius 2 is 2.06 bits per heavy atom.